The smallest absolute Gasteiger partial charge is 0.324 e. The Morgan fingerprint density at radius 1 is 1.47 bits per heavy atom. The van der Waals surface area contributed by atoms with Crippen molar-refractivity contribution in [2.24, 2.45) is 0 Å². The number of anilines is 2. The molecule has 3 N–H and O–H groups in total. The average Bonchev–Trinajstić information content (AvgIpc) is 2.15. The van der Waals surface area contributed by atoms with Gasteiger partial charge in [-0.05, 0) is 6.07 Å². The predicted molar refractivity (Wildman–Crippen MR) is 45.9 cm³/mol. The predicted octanol–water partition coefficient (Wildman–Crippen LogP) is 1.37. The van der Waals surface area contributed by atoms with Crippen LogP contribution in [0.1, 0.15) is 0 Å². The molecule has 4 nitrogen and oxygen atoms in total. The molecule has 0 unspecified atom stereocenters. The van der Waals surface area contributed by atoms with Gasteiger partial charge in [0, 0.05) is 6.20 Å². The molecule has 8 heteroatoms. The molecule has 84 valence electrons. The van der Waals surface area contributed by atoms with Gasteiger partial charge in [-0.2, -0.15) is 13.8 Å². The second kappa shape index (κ2) is 4.28. The summed E-state index contributed by atoms with van der Waals surface area (Å²) >= 11 is 0. The largest absolute Gasteiger partial charge is 0.384 e. The van der Waals surface area contributed by atoms with Crippen LogP contribution in [0.25, 0.3) is 0 Å². The first-order valence-corrected chi connectivity index (χ1v) is 3.90. The molecule has 0 aliphatic carbocycles. The third-order valence-corrected chi connectivity index (χ3v) is 1.48. The molecule has 15 heavy (non-hydrogen) atoms. The van der Waals surface area contributed by atoms with Crippen LogP contribution in [0.4, 0.5) is 29.3 Å². The maximum absolute atomic E-state index is 12.4. The fraction of sp³-hybridized carbons (Fsp3) is 0.429. The zero-order chi connectivity index (χ0) is 11.5. The molecule has 1 aromatic heterocycles. The summed E-state index contributed by atoms with van der Waals surface area (Å²) in [6.07, 6.45) is -2.50. The van der Waals surface area contributed by atoms with Crippen molar-refractivity contribution in [2.75, 3.05) is 17.6 Å². The number of rotatable bonds is 4. The Kier molecular flexibility index (Phi) is 3.28. The highest BCUT2D eigenvalue weighted by Gasteiger charge is 2.40. The monoisotopic (exact) mass is 224 g/mol. The molecule has 0 fully saturated rings. The zero-order valence-electron chi connectivity index (χ0n) is 7.42. The normalized spacial score (nSPS) is 11.8. The van der Waals surface area contributed by atoms with Crippen LogP contribution in [0, 0.1) is 0 Å². The van der Waals surface area contributed by atoms with Gasteiger partial charge in [0.05, 0.1) is 6.54 Å². The molecule has 1 heterocycles. The second-order valence-electron chi connectivity index (χ2n) is 2.72. The van der Waals surface area contributed by atoms with Gasteiger partial charge < -0.3 is 11.1 Å². The van der Waals surface area contributed by atoms with Crippen LogP contribution in [0.5, 0.6) is 0 Å². The quantitative estimate of drug-likeness (QED) is 0.758. The van der Waals surface area contributed by atoms with Gasteiger partial charge in [-0.25, -0.2) is 13.8 Å². The van der Waals surface area contributed by atoms with E-state index >= 15 is 0 Å². The number of nitrogens with one attached hydrogen (secondary N) is 1. The van der Waals surface area contributed by atoms with Crippen LogP contribution in [-0.4, -0.2) is 28.9 Å². The Balaban J connectivity index is 2.57. The third kappa shape index (κ3) is 3.22. The average molecular weight is 224 g/mol. The molecule has 0 saturated heterocycles. The number of hydrogen-bond acceptors (Lipinski definition) is 4. The highest BCUT2D eigenvalue weighted by Crippen LogP contribution is 2.22. The van der Waals surface area contributed by atoms with E-state index in [1.807, 2.05) is 5.32 Å². The van der Waals surface area contributed by atoms with Crippen LogP contribution in [0.3, 0.4) is 0 Å². The van der Waals surface area contributed by atoms with Gasteiger partial charge in [0.1, 0.15) is 5.82 Å². The minimum Gasteiger partial charge on any atom is -0.384 e. The number of nitrogens with two attached hydrogens (primary N) is 1. The number of nitrogens with zero attached hydrogens (tertiary/aromatic N) is 2. The van der Waals surface area contributed by atoms with Crippen LogP contribution >= 0.6 is 0 Å². The number of halogens is 4. The van der Waals surface area contributed by atoms with Gasteiger partial charge in [-0.15, -0.1) is 0 Å². The summed E-state index contributed by atoms with van der Waals surface area (Å²) in [7, 11) is 0. The first kappa shape index (κ1) is 11.5. The lowest BCUT2D eigenvalue weighted by Gasteiger charge is -2.15. The number of nitrogen functional groups attached to an aromatic ring is 1. The van der Waals surface area contributed by atoms with Gasteiger partial charge in [0.2, 0.25) is 5.95 Å². The number of alkyl halides is 4. The van der Waals surface area contributed by atoms with Crippen molar-refractivity contribution in [1.29, 1.82) is 0 Å². The van der Waals surface area contributed by atoms with Crippen molar-refractivity contribution in [3.8, 4) is 0 Å². The summed E-state index contributed by atoms with van der Waals surface area (Å²) in [6.45, 7) is -1.24. The van der Waals surface area contributed by atoms with E-state index in [1.54, 1.807) is 0 Å². The molecule has 0 aromatic carbocycles. The van der Waals surface area contributed by atoms with E-state index in [4.69, 9.17) is 5.73 Å². The first-order chi connectivity index (χ1) is 6.92. The fourth-order valence-electron chi connectivity index (χ4n) is 0.732. The van der Waals surface area contributed by atoms with Crippen molar-refractivity contribution >= 4 is 11.8 Å². The minimum absolute atomic E-state index is 0.0628. The van der Waals surface area contributed by atoms with Crippen molar-refractivity contribution in [3.05, 3.63) is 12.3 Å². The minimum atomic E-state index is -4.12. The lowest BCUT2D eigenvalue weighted by molar-refractivity contribution is -0.117. The summed E-state index contributed by atoms with van der Waals surface area (Å²) in [6, 6.07) is 1.34. The van der Waals surface area contributed by atoms with E-state index in [0.29, 0.717) is 0 Å². The van der Waals surface area contributed by atoms with Crippen molar-refractivity contribution in [3.63, 3.8) is 0 Å². The van der Waals surface area contributed by atoms with Gasteiger partial charge >= 0.3 is 12.3 Å². The first-order valence-electron chi connectivity index (χ1n) is 3.90. The number of hydrogen-bond donors (Lipinski definition) is 2. The fourth-order valence-corrected chi connectivity index (χ4v) is 0.732. The number of aromatic nitrogens is 2. The highest BCUT2D eigenvalue weighted by molar-refractivity contribution is 5.35. The van der Waals surface area contributed by atoms with Crippen molar-refractivity contribution in [1.82, 2.24) is 9.97 Å². The molecule has 0 saturated carbocycles. The van der Waals surface area contributed by atoms with Crippen LogP contribution in [0.2, 0.25) is 0 Å². The molecule has 0 aliphatic heterocycles. The maximum atomic E-state index is 12.4. The summed E-state index contributed by atoms with van der Waals surface area (Å²) in [4.78, 5) is 7.03. The SMILES string of the molecule is Nc1ccnc(NCC(F)(F)C(F)F)n1. The van der Waals surface area contributed by atoms with Gasteiger partial charge in [-0.1, -0.05) is 0 Å². The lowest BCUT2D eigenvalue weighted by atomic mass is 10.3. The lowest BCUT2D eigenvalue weighted by Crippen LogP contribution is -2.35. The molecule has 0 spiro atoms. The summed E-state index contributed by atoms with van der Waals surface area (Å²) in [5, 5.41) is 1.97. The van der Waals surface area contributed by atoms with Gasteiger partial charge in [0.15, 0.2) is 0 Å². The molecule has 0 amide bonds. The van der Waals surface area contributed by atoms with E-state index in [-0.39, 0.29) is 11.8 Å². The zero-order valence-corrected chi connectivity index (χ0v) is 7.42. The molecule has 1 rings (SSSR count). The molecule has 0 bridgehead atoms. The maximum Gasteiger partial charge on any atom is 0.324 e. The Hall–Kier alpha value is -1.60. The van der Waals surface area contributed by atoms with E-state index in [0.717, 1.165) is 0 Å². The topological polar surface area (TPSA) is 63.8 Å². The van der Waals surface area contributed by atoms with Crippen molar-refractivity contribution < 1.29 is 17.6 Å². The standard InChI is InChI=1S/C7H8F4N4/c8-5(9)7(10,11)3-14-6-13-2-1-4(12)15-6/h1-2,5H,3H2,(H3,12,13,14,15). The molecule has 0 aliphatic rings. The summed E-state index contributed by atoms with van der Waals surface area (Å²) < 4.78 is 48.3. The summed E-state index contributed by atoms with van der Waals surface area (Å²) in [5.41, 5.74) is 5.23. The highest BCUT2D eigenvalue weighted by atomic mass is 19.3. The molecular weight excluding hydrogens is 216 g/mol. The molecule has 0 radical (unpaired) electrons. The Labute approximate surface area is 82.5 Å². The molecule has 0 atom stereocenters. The third-order valence-electron chi connectivity index (χ3n) is 1.48. The van der Waals surface area contributed by atoms with Crippen LogP contribution in [0.15, 0.2) is 12.3 Å². The van der Waals surface area contributed by atoms with E-state index in [9.17, 15) is 17.6 Å². The Morgan fingerprint density at radius 2 is 2.13 bits per heavy atom. The van der Waals surface area contributed by atoms with Crippen LogP contribution in [-0.2, 0) is 0 Å². The molecule has 1 aromatic rings. The second-order valence-corrected chi connectivity index (χ2v) is 2.72. The van der Waals surface area contributed by atoms with Crippen LogP contribution < -0.4 is 11.1 Å². The van der Waals surface area contributed by atoms with Crippen molar-refractivity contribution in [2.45, 2.75) is 12.3 Å². The molecular formula is C7H8F4N4. The van der Waals surface area contributed by atoms with Gasteiger partial charge in [0.25, 0.3) is 0 Å². The van der Waals surface area contributed by atoms with Gasteiger partial charge in [-0.3, -0.25) is 0 Å². The summed E-state index contributed by atoms with van der Waals surface area (Å²) in [5.74, 6) is -4.27. The Morgan fingerprint density at radius 3 is 2.67 bits per heavy atom. The van der Waals surface area contributed by atoms with E-state index in [2.05, 4.69) is 9.97 Å². The van der Waals surface area contributed by atoms with E-state index in [1.165, 1.54) is 12.3 Å². The Bertz CT molecular complexity index is 331. The van der Waals surface area contributed by atoms with E-state index < -0.39 is 18.9 Å².